The van der Waals surface area contributed by atoms with Gasteiger partial charge in [0.05, 0.1) is 53.9 Å². The van der Waals surface area contributed by atoms with Crippen LogP contribution in [0.5, 0.6) is 0 Å². The van der Waals surface area contributed by atoms with Crippen molar-refractivity contribution in [3.8, 4) is 0 Å². The van der Waals surface area contributed by atoms with E-state index in [1.807, 2.05) is 0 Å². The first-order valence-corrected chi connectivity index (χ1v) is 13.5. The van der Waals surface area contributed by atoms with Gasteiger partial charge in [0, 0.05) is 36.8 Å². The number of sulfonamides is 1. The van der Waals surface area contributed by atoms with E-state index in [0.717, 1.165) is 5.69 Å². The Labute approximate surface area is 220 Å². The van der Waals surface area contributed by atoms with Crippen LogP contribution in [0.15, 0.2) is 46.4 Å². The lowest BCUT2D eigenvalue weighted by molar-refractivity contribution is 0.0730. The molecule has 2 saturated heterocycles. The largest absolute Gasteiger partial charge is 0.379 e. The molecule has 188 valence electrons. The summed E-state index contributed by atoms with van der Waals surface area (Å²) in [5, 5.41) is 8.41. The van der Waals surface area contributed by atoms with Crippen molar-refractivity contribution in [3.63, 3.8) is 0 Å². The van der Waals surface area contributed by atoms with Crippen molar-refractivity contribution in [1.29, 1.82) is 0 Å². The number of halogens is 2. The molecule has 0 aromatic heterocycles. The summed E-state index contributed by atoms with van der Waals surface area (Å²) in [4.78, 5) is 2.30. The number of rotatable bonds is 6. The van der Waals surface area contributed by atoms with Crippen LogP contribution >= 0.6 is 35.4 Å². The summed E-state index contributed by atoms with van der Waals surface area (Å²) in [6.07, 6.45) is 1.52. The Kier molecular flexibility index (Phi) is 8.82. The van der Waals surface area contributed by atoms with Gasteiger partial charge in [-0.2, -0.15) is 9.41 Å². The molecule has 4 rings (SSSR count). The van der Waals surface area contributed by atoms with Gasteiger partial charge < -0.3 is 19.7 Å². The lowest BCUT2D eigenvalue weighted by atomic mass is 10.2. The maximum Gasteiger partial charge on any atom is 0.243 e. The lowest BCUT2D eigenvalue weighted by Crippen LogP contribution is -2.40. The highest BCUT2D eigenvalue weighted by Crippen LogP contribution is 2.31. The van der Waals surface area contributed by atoms with E-state index in [-0.39, 0.29) is 10.0 Å². The average molecular weight is 559 g/mol. The van der Waals surface area contributed by atoms with Crippen LogP contribution in [0, 0.1) is 0 Å². The summed E-state index contributed by atoms with van der Waals surface area (Å²) in [6, 6.07) is 10.1. The van der Waals surface area contributed by atoms with Crippen molar-refractivity contribution >= 4 is 68.1 Å². The second-order valence-corrected chi connectivity index (χ2v) is 11.0. The van der Waals surface area contributed by atoms with Crippen LogP contribution in [0.2, 0.25) is 10.0 Å². The van der Waals surface area contributed by atoms with Gasteiger partial charge >= 0.3 is 0 Å². The molecule has 9 nitrogen and oxygen atoms in total. The summed E-state index contributed by atoms with van der Waals surface area (Å²) in [5.74, 6) is 0. The Balaban J connectivity index is 1.55. The van der Waals surface area contributed by atoms with Crippen molar-refractivity contribution in [1.82, 2.24) is 9.73 Å². The predicted molar refractivity (Wildman–Crippen MR) is 142 cm³/mol. The van der Waals surface area contributed by atoms with Crippen molar-refractivity contribution in [3.05, 3.63) is 52.0 Å². The molecule has 0 atom stereocenters. The van der Waals surface area contributed by atoms with E-state index in [1.54, 1.807) is 36.4 Å². The number of hydrogen-bond acceptors (Lipinski definition) is 7. The summed E-state index contributed by atoms with van der Waals surface area (Å²) in [6.45, 7) is 3.91. The van der Waals surface area contributed by atoms with Gasteiger partial charge in [-0.3, -0.25) is 5.43 Å². The summed E-state index contributed by atoms with van der Waals surface area (Å²) >= 11 is 17.5. The number of thiocarbonyl (C=S) groups is 1. The highest BCUT2D eigenvalue weighted by Gasteiger charge is 2.28. The summed E-state index contributed by atoms with van der Waals surface area (Å²) < 4.78 is 38.6. The number of benzene rings is 2. The summed E-state index contributed by atoms with van der Waals surface area (Å²) in [7, 11) is -3.68. The Morgan fingerprint density at radius 1 is 1.00 bits per heavy atom. The van der Waals surface area contributed by atoms with Gasteiger partial charge in [0.15, 0.2) is 5.11 Å². The van der Waals surface area contributed by atoms with Crippen LogP contribution in [-0.4, -0.2) is 76.7 Å². The normalized spacial score (nSPS) is 17.5. The van der Waals surface area contributed by atoms with E-state index in [9.17, 15) is 8.42 Å². The minimum absolute atomic E-state index is 0.179. The summed E-state index contributed by atoms with van der Waals surface area (Å²) in [5.41, 5.74) is 4.79. The molecule has 0 unspecified atom stereocenters. The Hall–Kier alpha value is -1.99. The van der Waals surface area contributed by atoms with Crippen molar-refractivity contribution in [2.24, 2.45) is 5.10 Å². The Morgan fingerprint density at radius 3 is 2.37 bits per heavy atom. The zero-order valence-electron chi connectivity index (χ0n) is 18.7. The first-order chi connectivity index (χ1) is 16.8. The van der Waals surface area contributed by atoms with Crippen molar-refractivity contribution in [2.75, 3.05) is 62.8 Å². The Morgan fingerprint density at radius 2 is 1.69 bits per heavy atom. The van der Waals surface area contributed by atoms with Gasteiger partial charge in [-0.1, -0.05) is 29.3 Å². The van der Waals surface area contributed by atoms with Crippen LogP contribution in [0.3, 0.4) is 0 Å². The van der Waals surface area contributed by atoms with E-state index >= 15 is 0 Å². The first-order valence-electron chi connectivity index (χ1n) is 10.9. The second kappa shape index (κ2) is 11.8. The van der Waals surface area contributed by atoms with Gasteiger partial charge in [0.25, 0.3) is 0 Å². The maximum absolute atomic E-state index is 13.2. The standard InChI is InChI=1S/C22H25Cl2N5O4S2/c23-17-2-1-16(19(24)13-17)15-25-27-22(34)26-20-14-18(35(30,31)29-7-11-33-12-8-29)3-4-21(20)28-5-9-32-10-6-28/h1-4,13-15H,5-12H2,(H2,26,27,34)/b25-15-. The first kappa shape index (κ1) is 26.1. The molecule has 2 N–H and O–H groups in total. The smallest absolute Gasteiger partial charge is 0.243 e. The predicted octanol–water partition coefficient (Wildman–Crippen LogP) is 3.17. The van der Waals surface area contributed by atoms with E-state index in [1.165, 1.54) is 10.5 Å². The highest BCUT2D eigenvalue weighted by molar-refractivity contribution is 7.89. The highest BCUT2D eigenvalue weighted by atomic mass is 35.5. The zero-order chi connectivity index (χ0) is 24.8. The van der Waals surface area contributed by atoms with Crippen LogP contribution in [0.1, 0.15) is 5.56 Å². The molecule has 2 aliphatic rings. The molecule has 0 aliphatic carbocycles. The molecule has 0 radical (unpaired) electrons. The molecule has 2 aromatic carbocycles. The second-order valence-electron chi connectivity index (χ2n) is 7.78. The van der Waals surface area contributed by atoms with Gasteiger partial charge in [0.1, 0.15) is 0 Å². The van der Waals surface area contributed by atoms with Gasteiger partial charge in [-0.25, -0.2) is 8.42 Å². The fourth-order valence-electron chi connectivity index (χ4n) is 3.71. The zero-order valence-corrected chi connectivity index (χ0v) is 21.9. The molecule has 2 fully saturated rings. The number of anilines is 2. The van der Waals surface area contributed by atoms with Gasteiger partial charge in [0.2, 0.25) is 10.0 Å². The number of hydrazone groups is 1. The molecule has 0 saturated carbocycles. The van der Waals surface area contributed by atoms with Gasteiger partial charge in [-0.15, -0.1) is 0 Å². The minimum atomic E-state index is -3.68. The quantitative estimate of drug-likeness (QED) is 0.317. The van der Waals surface area contributed by atoms with Crippen LogP contribution in [-0.2, 0) is 19.5 Å². The van der Waals surface area contributed by atoms with Crippen LogP contribution in [0.4, 0.5) is 11.4 Å². The number of nitrogens with one attached hydrogen (secondary N) is 2. The van der Waals surface area contributed by atoms with Crippen molar-refractivity contribution in [2.45, 2.75) is 4.90 Å². The van der Waals surface area contributed by atoms with Gasteiger partial charge in [-0.05, 0) is 42.5 Å². The topological polar surface area (TPSA) is 95.5 Å². The monoisotopic (exact) mass is 557 g/mol. The molecule has 13 heteroatoms. The molecule has 0 amide bonds. The van der Waals surface area contributed by atoms with E-state index < -0.39 is 10.0 Å². The minimum Gasteiger partial charge on any atom is -0.379 e. The number of nitrogens with zero attached hydrogens (tertiary/aromatic N) is 3. The third-order valence-corrected chi connectivity index (χ3v) is 8.16. The molecule has 2 aromatic rings. The SMILES string of the molecule is O=S(=O)(c1ccc(N2CCOCC2)c(NC(=S)N/N=C\c2ccc(Cl)cc2Cl)c1)N1CCOCC1. The van der Waals surface area contributed by atoms with Crippen molar-refractivity contribution < 1.29 is 17.9 Å². The third-order valence-electron chi connectivity index (χ3n) is 5.51. The van der Waals surface area contributed by atoms with Crippen LogP contribution in [0.25, 0.3) is 0 Å². The van der Waals surface area contributed by atoms with E-state index in [0.29, 0.717) is 73.9 Å². The molecule has 0 spiro atoms. The fourth-order valence-corrected chi connectivity index (χ4v) is 5.76. The lowest BCUT2D eigenvalue weighted by Gasteiger charge is -2.31. The number of hydrogen-bond donors (Lipinski definition) is 2. The number of ether oxygens (including phenoxy) is 2. The molecule has 2 aliphatic heterocycles. The third kappa shape index (κ3) is 6.62. The average Bonchev–Trinajstić information content (AvgIpc) is 2.86. The fraction of sp³-hybridized carbons (Fsp3) is 0.364. The Bertz CT molecular complexity index is 1200. The van der Waals surface area contributed by atoms with Crippen LogP contribution < -0.4 is 15.6 Å². The maximum atomic E-state index is 13.2. The molecule has 0 bridgehead atoms. The molecule has 35 heavy (non-hydrogen) atoms. The molecular weight excluding hydrogens is 533 g/mol. The number of morpholine rings is 2. The molecular formula is C22H25Cl2N5O4S2. The van der Waals surface area contributed by atoms with E-state index in [2.05, 4.69) is 20.7 Å². The van der Waals surface area contributed by atoms with E-state index in [4.69, 9.17) is 44.9 Å². The molecule has 2 heterocycles.